The molecule has 4 heterocycles. The molecule has 0 radical (unpaired) electrons. The molecule has 12 heteroatoms. The van der Waals surface area contributed by atoms with Gasteiger partial charge in [-0.2, -0.15) is 4.98 Å². The van der Waals surface area contributed by atoms with Crippen LogP contribution in [0.1, 0.15) is 0 Å². The van der Waals surface area contributed by atoms with Gasteiger partial charge in [0.2, 0.25) is 17.7 Å². The van der Waals surface area contributed by atoms with E-state index in [0.29, 0.717) is 11.9 Å². The molecule has 1 fully saturated rings. The lowest BCUT2D eigenvalue weighted by Gasteiger charge is -2.56. The van der Waals surface area contributed by atoms with Crippen molar-refractivity contribution in [3.8, 4) is 5.95 Å². The smallest absolute Gasteiger partial charge is 0.391 e. The van der Waals surface area contributed by atoms with Gasteiger partial charge < -0.3 is 14.2 Å². The van der Waals surface area contributed by atoms with Gasteiger partial charge in [0.25, 0.3) is 0 Å². The lowest BCUT2D eigenvalue weighted by Crippen LogP contribution is -2.86. The second-order valence-electron chi connectivity index (χ2n) is 14.4. The Balaban J connectivity index is 1.22. The quantitative estimate of drug-likeness (QED) is 0.170. The number of fused-ring (bicyclic) bond motifs is 5. The number of nitrogens with zero attached hydrogens (tertiary/aromatic N) is 9. The van der Waals surface area contributed by atoms with Crippen molar-refractivity contribution in [1.82, 2.24) is 28.9 Å². The Kier molecular flexibility index (Phi) is 8.24. The first-order valence-corrected chi connectivity index (χ1v) is 19.5. The maximum Gasteiger partial charge on any atom is 0.391 e. The van der Waals surface area contributed by atoms with Crippen LogP contribution in [0.4, 0.5) is 17.3 Å². The second-order valence-corrected chi connectivity index (χ2v) is 14.4. The predicted molar refractivity (Wildman–Crippen MR) is 239 cm³/mol. The molecule has 7 aromatic carbocycles. The molecular weight excluding hydrogens is 711 g/mol. The van der Waals surface area contributed by atoms with E-state index in [1.165, 1.54) is 0 Å². The highest BCUT2D eigenvalue weighted by molar-refractivity contribution is 7.14. The van der Waals surface area contributed by atoms with E-state index in [0.717, 1.165) is 55.6 Å². The first kappa shape index (κ1) is 33.7. The number of hydrogen-bond donors (Lipinski definition) is 0. The third-order valence-corrected chi connectivity index (χ3v) is 11.1. The number of anilines is 3. The molecule has 1 aliphatic rings. The van der Waals surface area contributed by atoms with E-state index in [4.69, 9.17) is 19.9 Å². The van der Waals surface area contributed by atoms with Crippen LogP contribution in [-0.4, -0.2) is 49.9 Å². The summed E-state index contributed by atoms with van der Waals surface area (Å²) in [5.74, 6) is 1.74. The summed E-state index contributed by atoms with van der Waals surface area (Å²) in [7, 11) is 0. The molecule has 272 valence electrons. The topological polar surface area (TPSA) is 70.6 Å². The van der Waals surface area contributed by atoms with E-state index in [-0.39, 0.29) is 20.9 Å². The van der Waals surface area contributed by atoms with Gasteiger partial charge in [-0.1, -0.05) is 152 Å². The maximum absolute atomic E-state index is 5.47. The van der Waals surface area contributed by atoms with E-state index >= 15 is 0 Å². The van der Waals surface area contributed by atoms with Gasteiger partial charge in [-0.05, 0) is 64.9 Å². The van der Waals surface area contributed by atoms with Gasteiger partial charge in [-0.15, -0.1) is 0 Å². The third kappa shape index (κ3) is 5.52. The molecular formula is C46H34B3N9. The molecule has 9 nitrogen and oxygen atoms in total. The van der Waals surface area contributed by atoms with Crippen molar-refractivity contribution in [2.45, 2.75) is 0 Å². The molecule has 0 spiro atoms. The van der Waals surface area contributed by atoms with Crippen LogP contribution in [0.25, 0.3) is 33.8 Å². The zero-order valence-electron chi connectivity index (χ0n) is 31.4. The molecule has 0 atom stereocenters. The van der Waals surface area contributed by atoms with Crippen LogP contribution < -0.4 is 30.6 Å². The Morgan fingerprint density at radius 3 is 1.29 bits per heavy atom. The molecule has 11 rings (SSSR count). The second kappa shape index (κ2) is 14.2. The highest BCUT2D eigenvalue weighted by atomic mass is 15.4. The molecule has 0 bridgehead atoms. The summed E-state index contributed by atoms with van der Waals surface area (Å²) >= 11 is 0. The van der Waals surface area contributed by atoms with Gasteiger partial charge >= 0.3 is 20.9 Å². The van der Waals surface area contributed by atoms with Gasteiger partial charge in [-0.25, -0.2) is 19.5 Å². The molecule has 1 aliphatic heterocycles. The summed E-state index contributed by atoms with van der Waals surface area (Å²) in [4.78, 5) is 20.6. The minimum Gasteiger partial charge on any atom is -0.416 e. The van der Waals surface area contributed by atoms with E-state index in [2.05, 4.69) is 199 Å². The number of benzene rings is 7. The van der Waals surface area contributed by atoms with Crippen molar-refractivity contribution in [3.63, 3.8) is 0 Å². The molecule has 0 aliphatic carbocycles. The Morgan fingerprint density at radius 1 is 0.345 bits per heavy atom. The molecule has 10 aromatic rings. The van der Waals surface area contributed by atoms with Crippen molar-refractivity contribution < 1.29 is 0 Å². The summed E-state index contributed by atoms with van der Waals surface area (Å²) in [6.45, 7) is -1.03. The van der Waals surface area contributed by atoms with Crippen molar-refractivity contribution in [3.05, 3.63) is 207 Å². The average molecular weight is 745 g/mol. The fraction of sp³-hybridized carbons (Fsp3) is 0. The van der Waals surface area contributed by atoms with E-state index in [9.17, 15) is 0 Å². The summed E-state index contributed by atoms with van der Waals surface area (Å²) in [6, 6.07) is 70.1. The monoisotopic (exact) mass is 745 g/mol. The first-order chi connectivity index (χ1) is 28.8. The van der Waals surface area contributed by atoms with Crippen molar-refractivity contribution in [2.75, 3.05) is 14.2 Å². The highest BCUT2D eigenvalue weighted by Crippen LogP contribution is 2.34. The van der Waals surface area contributed by atoms with Crippen LogP contribution in [-0.2, 0) is 0 Å². The largest absolute Gasteiger partial charge is 0.416 e. The van der Waals surface area contributed by atoms with Gasteiger partial charge in [0.15, 0.2) is 0 Å². The fourth-order valence-electron chi connectivity index (χ4n) is 8.69. The summed E-state index contributed by atoms with van der Waals surface area (Å²) in [5.41, 5.74) is 9.35. The number of imidazole rings is 2. The van der Waals surface area contributed by atoms with Crippen molar-refractivity contribution in [1.29, 1.82) is 0 Å². The molecule has 0 N–H and O–H groups in total. The lowest BCUT2D eigenvalue weighted by molar-refractivity contribution is 0.923. The SMILES string of the molecule is c1ccc(B2N(c3ccccc3)B(c3ccccc3)N(c3ncnc(-n4c5ccccc5n5c6ccccc6nc45)n3)B(c3ccccc3)N2c2ccccc2)cc1. The fourth-order valence-corrected chi connectivity index (χ4v) is 8.69. The first-order valence-electron chi connectivity index (χ1n) is 19.5. The zero-order chi connectivity index (χ0) is 38.4. The minimum atomic E-state index is -0.385. The molecule has 0 saturated carbocycles. The molecule has 0 unspecified atom stereocenters. The summed E-state index contributed by atoms with van der Waals surface area (Å²) in [5, 5.41) is 0. The number of aromatic nitrogens is 6. The molecule has 3 aromatic heterocycles. The number of hydrogen-bond acceptors (Lipinski definition) is 7. The van der Waals surface area contributed by atoms with Crippen LogP contribution in [0.5, 0.6) is 0 Å². The standard InChI is InChI=1S/C46H34B3N9/c1-6-20-35(21-7-1)47-56(38-26-12-4-13-27-38)48(36-22-8-2-9-23-36)58(49(37-24-10-3-11-25-37)57(47)39-28-14-5-15-29-39)45-51-34-50-44(53-45)55-43-33-19-18-32-42(43)54-41-31-17-16-30-40(41)52-46(54)55/h1-34H. The van der Waals surface area contributed by atoms with Gasteiger partial charge in [-0.3, -0.25) is 4.40 Å². The van der Waals surface area contributed by atoms with E-state index < -0.39 is 0 Å². The normalized spacial score (nSPS) is 13.3. The number of rotatable bonds is 7. The summed E-state index contributed by atoms with van der Waals surface area (Å²) < 4.78 is 11.6. The van der Waals surface area contributed by atoms with Gasteiger partial charge in [0, 0.05) is 11.4 Å². The maximum atomic E-state index is 5.47. The Hall–Kier alpha value is -7.59. The van der Waals surface area contributed by atoms with Crippen LogP contribution in [0.15, 0.2) is 207 Å². The molecule has 1 saturated heterocycles. The van der Waals surface area contributed by atoms with Crippen LogP contribution >= 0.6 is 0 Å². The van der Waals surface area contributed by atoms with Gasteiger partial charge in [0.1, 0.15) is 6.33 Å². The summed E-state index contributed by atoms with van der Waals surface area (Å²) in [6.07, 6.45) is 1.64. The third-order valence-electron chi connectivity index (χ3n) is 11.1. The Labute approximate surface area is 336 Å². The molecule has 0 amide bonds. The van der Waals surface area contributed by atoms with Crippen LogP contribution in [0.3, 0.4) is 0 Å². The van der Waals surface area contributed by atoms with Crippen molar-refractivity contribution in [2.24, 2.45) is 0 Å². The number of para-hydroxylation sites is 6. The van der Waals surface area contributed by atoms with Crippen molar-refractivity contribution >= 4 is 82.5 Å². The Bertz CT molecular complexity index is 2920. The van der Waals surface area contributed by atoms with Crippen LogP contribution in [0.2, 0.25) is 0 Å². The molecule has 58 heavy (non-hydrogen) atoms. The van der Waals surface area contributed by atoms with Gasteiger partial charge in [0.05, 0.1) is 22.1 Å². The minimum absolute atomic E-state index is 0.260. The van der Waals surface area contributed by atoms with Crippen LogP contribution in [0, 0.1) is 0 Å². The Morgan fingerprint density at radius 2 is 0.759 bits per heavy atom. The zero-order valence-corrected chi connectivity index (χ0v) is 31.4. The predicted octanol–water partition coefficient (Wildman–Crippen LogP) is 6.64. The highest BCUT2D eigenvalue weighted by Gasteiger charge is 2.56. The average Bonchev–Trinajstić information content (AvgIpc) is 3.84. The van der Waals surface area contributed by atoms with E-state index in [1.807, 2.05) is 24.3 Å². The lowest BCUT2D eigenvalue weighted by atomic mass is 9.37. The van der Waals surface area contributed by atoms with E-state index in [1.54, 1.807) is 6.33 Å².